The summed E-state index contributed by atoms with van der Waals surface area (Å²) in [5, 5.41) is 5.95. The zero-order valence-corrected chi connectivity index (χ0v) is 18.0. The fourth-order valence-electron chi connectivity index (χ4n) is 4.49. The van der Waals surface area contributed by atoms with Gasteiger partial charge in [-0.25, -0.2) is 4.79 Å². The lowest BCUT2D eigenvalue weighted by molar-refractivity contribution is -0.0290. The molecular weight excluding hydrogens is 340 g/mol. The van der Waals surface area contributed by atoms with Gasteiger partial charge in [-0.05, 0) is 43.6 Å². The van der Waals surface area contributed by atoms with Gasteiger partial charge in [0.1, 0.15) is 0 Å². The Labute approximate surface area is 166 Å². The zero-order chi connectivity index (χ0) is 19.6. The van der Waals surface area contributed by atoms with Crippen LogP contribution in [0.4, 0.5) is 4.79 Å². The third-order valence-electron chi connectivity index (χ3n) is 5.47. The largest absolute Gasteiger partial charge is 0.374 e. The van der Waals surface area contributed by atoms with Gasteiger partial charge < -0.3 is 20.3 Å². The number of nitrogens with zero attached hydrogens (tertiary/aromatic N) is 2. The van der Waals surface area contributed by atoms with Crippen molar-refractivity contribution in [3.63, 3.8) is 0 Å². The molecule has 0 radical (unpaired) electrons. The smallest absolute Gasteiger partial charge is 0.314 e. The van der Waals surface area contributed by atoms with Crippen LogP contribution in [0.15, 0.2) is 0 Å². The summed E-state index contributed by atoms with van der Waals surface area (Å²) in [7, 11) is 0. The molecule has 2 aliphatic heterocycles. The highest BCUT2D eigenvalue weighted by atomic mass is 16.5. The van der Waals surface area contributed by atoms with Gasteiger partial charge in [0.2, 0.25) is 0 Å². The van der Waals surface area contributed by atoms with Crippen molar-refractivity contribution in [3.05, 3.63) is 0 Å². The second-order valence-corrected chi connectivity index (χ2v) is 9.20. The van der Waals surface area contributed by atoms with Crippen molar-refractivity contribution in [2.75, 3.05) is 59.0 Å². The summed E-state index contributed by atoms with van der Waals surface area (Å²) in [6, 6.07) is -0.0696. The quantitative estimate of drug-likeness (QED) is 0.601. The van der Waals surface area contributed by atoms with Crippen LogP contribution in [-0.2, 0) is 4.74 Å². The number of urea groups is 1. The van der Waals surface area contributed by atoms with Gasteiger partial charge in [-0.3, -0.25) is 4.90 Å². The molecule has 0 aromatic carbocycles. The van der Waals surface area contributed by atoms with Crippen molar-refractivity contribution >= 4 is 6.03 Å². The molecule has 0 aliphatic carbocycles. The maximum atomic E-state index is 12.0. The van der Waals surface area contributed by atoms with E-state index in [-0.39, 0.29) is 12.1 Å². The molecule has 2 amide bonds. The summed E-state index contributed by atoms with van der Waals surface area (Å²) >= 11 is 0. The highest BCUT2D eigenvalue weighted by Crippen LogP contribution is 2.20. The summed E-state index contributed by atoms with van der Waals surface area (Å²) in [5.74, 6) is 2.30. The number of unbranched alkanes of at least 4 members (excludes halogenated alkanes) is 1. The van der Waals surface area contributed by atoms with Crippen LogP contribution in [-0.4, -0.2) is 80.9 Å². The average molecular weight is 383 g/mol. The third-order valence-corrected chi connectivity index (χ3v) is 5.47. The molecule has 3 atom stereocenters. The Kier molecular flexibility index (Phi) is 9.87. The highest BCUT2D eigenvalue weighted by Gasteiger charge is 2.22. The van der Waals surface area contributed by atoms with Gasteiger partial charge in [-0.15, -0.1) is 0 Å². The second-order valence-electron chi connectivity index (χ2n) is 9.20. The summed E-state index contributed by atoms with van der Waals surface area (Å²) in [5.41, 5.74) is 0. The van der Waals surface area contributed by atoms with Crippen LogP contribution in [0.1, 0.15) is 47.0 Å². The lowest BCUT2D eigenvalue weighted by Crippen LogP contribution is -2.49. The molecule has 2 heterocycles. The number of likely N-dealkylation sites (tertiary alicyclic amines) is 1. The summed E-state index contributed by atoms with van der Waals surface area (Å²) in [6.45, 7) is 17.9. The van der Waals surface area contributed by atoms with Crippen LogP contribution < -0.4 is 10.6 Å². The van der Waals surface area contributed by atoms with E-state index in [1.165, 1.54) is 19.5 Å². The molecule has 0 aromatic heterocycles. The molecule has 3 unspecified atom stereocenters. The van der Waals surface area contributed by atoms with E-state index in [0.29, 0.717) is 12.5 Å². The number of ether oxygens (including phenoxy) is 1. The number of morpholine rings is 1. The number of carbonyl (C=O) groups is 1. The van der Waals surface area contributed by atoms with Gasteiger partial charge in [0.25, 0.3) is 0 Å². The first-order valence-corrected chi connectivity index (χ1v) is 11.0. The highest BCUT2D eigenvalue weighted by molar-refractivity contribution is 5.73. The number of piperidine rings is 1. The van der Waals surface area contributed by atoms with E-state index in [1.54, 1.807) is 0 Å². The number of rotatable bonds is 9. The van der Waals surface area contributed by atoms with Gasteiger partial charge >= 0.3 is 6.03 Å². The van der Waals surface area contributed by atoms with E-state index in [2.05, 4.69) is 48.1 Å². The van der Waals surface area contributed by atoms with E-state index in [4.69, 9.17) is 4.74 Å². The summed E-state index contributed by atoms with van der Waals surface area (Å²) < 4.78 is 5.78. The molecule has 2 saturated heterocycles. The molecule has 0 spiro atoms. The van der Waals surface area contributed by atoms with Crippen molar-refractivity contribution in [2.24, 2.45) is 17.8 Å². The van der Waals surface area contributed by atoms with Crippen LogP contribution in [0.2, 0.25) is 0 Å². The fourth-order valence-corrected chi connectivity index (χ4v) is 4.49. The Balaban J connectivity index is 1.50. The lowest BCUT2D eigenvalue weighted by atomic mass is 9.92. The number of hydrogen-bond donors (Lipinski definition) is 2. The molecule has 2 fully saturated rings. The third kappa shape index (κ3) is 9.26. The maximum Gasteiger partial charge on any atom is 0.314 e. The van der Waals surface area contributed by atoms with E-state index in [0.717, 1.165) is 64.0 Å². The first-order valence-electron chi connectivity index (χ1n) is 11.0. The van der Waals surface area contributed by atoms with Crippen molar-refractivity contribution < 1.29 is 9.53 Å². The molecular formula is C21H42N4O2. The van der Waals surface area contributed by atoms with Crippen molar-refractivity contribution in [2.45, 2.75) is 53.1 Å². The van der Waals surface area contributed by atoms with Crippen LogP contribution in [0, 0.1) is 17.8 Å². The number of nitrogens with one attached hydrogen (secondary N) is 2. The van der Waals surface area contributed by atoms with Crippen LogP contribution in [0.3, 0.4) is 0 Å². The Morgan fingerprint density at radius 3 is 2.52 bits per heavy atom. The van der Waals surface area contributed by atoms with Gasteiger partial charge in [-0.2, -0.15) is 0 Å². The summed E-state index contributed by atoms with van der Waals surface area (Å²) in [6.07, 6.45) is 3.65. The Morgan fingerprint density at radius 1 is 1.07 bits per heavy atom. The maximum absolute atomic E-state index is 12.0. The minimum absolute atomic E-state index is 0.0696. The van der Waals surface area contributed by atoms with E-state index in [9.17, 15) is 4.79 Å². The fraction of sp³-hybridized carbons (Fsp3) is 0.952. The van der Waals surface area contributed by atoms with Gasteiger partial charge in [0.05, 0.1) is 12.7 Å². The van der Waals surface area contributed by atoms with Crippen LogP contribution in [0.5, 0.6) is 0 Å². The topological polar surface area (TPSA) is 56.8 Å². The Hall–Kier alpha value is -0.850. The lowest BCUT2D eigenvalue weighted by Gasteiger charge is -2.35. The molecule has 27 heavy (non-hydrogen) atoms. The molecule has 2 aliphatic rings. The molecule has 0 saturated carbocycles. The van der Waals surface area contributed by atoms with E-state index >= 15 is 0 Å². The molecule has 6 heteroatoms. The number of hydrogen-bond acceptors (Lipinski definition) is 4. The van der Waals surface area contributed by atoms with Gasteiger partial charge in [-0.1, -0.05) is 27.7 Å². The normalized spacial score (nSPS) is 27.7. The van der Waals surface area contributed by atoms with E-state index < -0.39 is 0 Å². The SMILES string of the molecule is CC(C)CN1CCOC(CNC(=O)NCCCCN2CC(C)CC(C)C2)C1. The Bertz CT molecular complexity index is 422. The predicted octanol–water partition coefficient (Wildman–Crippen LogP) is 2.40. The minimum Gasteiger partial charge on any atom is -0.374 e. The first kappa shape index (κ1) is 22.4. The molecule has 2 rings (SSSR count). The molecule has 0 bridgehead atoms. The molecule has 2 N–H and O–H groups in total. The zero-order valence-electron chi connectivity index (χ0n) is 18.0. The van der Waals surface area contributed by atoms with Gasteiger partial charge in [0.15, 0.2) is 0 Å². The first-order chi connectivity index (χ1) is 12.9. The van der Waals surface area contributed by atoms with Crippen LogP contribution >= 0.6 is 0 Å². The van der Waals surface area contributed by atoms with Crippen molar-refractivity contribution in [1.29, 1.82) is 0 Å². The number of amides is 2. The van der Waals surface area contributed by atoms with Crippen molar-refractivity contribution in [1.82, 2.24) is 20.4 Å². The van der Waals surface area contributed by atoms with Crippen LogP contribution in [0.25, 0.3) is 0 Å². The minimum atomic E-state index is -0.0696. The predicted molar refractivity (Wildman–Crippen MR) is 111 cm³/mol. The average Bonchev–Trinajstić information content (AvgIpc) is 2.58. The molecule has 0 aromatic rings. The summed E-state index contributed by atoms with van der Waals surface area (Å²) in [4.78, 5) is 17.0. The molecule has 6 nitrogen and oxygen atoms in total. The number of carbonyl (C=O) groups excluding carboxylic acids is 1. The van der Waals surface area contributed by atoms with E-state index in [1.807, 2.05) is 0 Å². The molecule has 158 valence electrons. The monoisotopic (exact) mass is 382 g/mol. The van der Waals surface area contributed by atoms with Gasteiger partial charge in [0, 0.05) is 45.8 Å². The second kappa shape index (κ2) is 11.9. The standard InChI is InChI=1S/C21H42N4O2/c1-17(2)13-25-9-10-27-20(16-25)12-23-21(26)22-7-5-6-8-24-14-18(3)11-19(4)15-24/h17-20H,5-16H2,1-4H3,(H2,22,23,26). The van der Waals surface area contributed by atoms with Crippen molar-refractivity contribution in [3.8, 4) is 0 Å². The Morgan fingerprint density at radius 2 is 1.81 bits per heavy atom.